The van der Waals surface area contributed by atoms with E-state index in [0.29, 0.717) is 18.1 Å². The fourth-order valence-corrected chi connectivity index (χ4v) is 3.99. The van der Waals surface area contributed by atoms with E-state index in [9.17, 15) is 4.79 Å². The van der Waals surface area contributed by atoms with Crippen LogP contribution in [0.5, 0.6) is 11.5 Å². The Labute approximate surface area is 208 Å². The van der Waals surface area contributed by atoms with Crippen molar-refractivity contribution in [1.29, 1.82) is 0 Å². The lowest BCUT2D eigenvalue weighted by Gasteiger charge is -2.23. The lowest BCUT2D eigenvalue weighted by molar-refractivity contribution is -0.119. The largest absolute Gasteiger partial charge is 0.490 e. The zero-order chi connectivity index (χ0) is 24.5. The molecule has 0 unspecified atom stereocenters. The highest BCUT2D eigenvalue weighted by Crippen LogP contribution is 2.30. The topological polar surface area (TPSA) is 76.0 Å². The third-order valence-electron chi connectivity index (χ3n) is 4.89. The Morgan fingerprint density at radius 3 is 2.29 bits per heavy atom. The van der Waals surface area contributed by atoms with E-state index in [1.54, 1.807) is 17.2 Å². The average Bonchev–Trinajstić information content (AvgIpc) is 3.30. The van der Waals surface area contributed by atoms with Crippen molar-refractivity contribution in [3.05, 3.63) is 95.5 Å². The van der Waals surface area contributed by atoms with Gasteiger partial charge in [0.05, 0.1) is 18.5 Å². The number of hydrogen-bond donors (Lipinski definition) is 1. The van der Waals surface area contributed by atoms with Crippen LogP contribution in [-0.4, -0.2) is 30.3 Å². The number of thiazole rings is 1. The van der Waals surface area contributed by atoms with Gasteiger partial charge >= 0.3 is 0 Å². The highest BCUT2D eigenvalue weighted by molar-refractivity contribution is 7.13. The summed E-state index contributed by atoms with van der Waals surface area (Å²) in [4.78, 5) is 19.2. The molecule has 0 fully saturated rings. The Balaban J connectivity index is 1.47. The molecular weight excluding hydrogens is 460 g/mol. The van der Waals surface area contributed by atoms with Gasteiger partial charge in [-0.15, -0.1) is 11.3 Å². The number of aromatic nitrogens is 1. The minimum Gasteiger partial charge on any atom is -0.490 e. The predicted octanol–water partition coefficient (Wildman–Crippen LogP) is 6.04. The van der Waals surface area contributed by atoms with Crippen LogP contribution in [0, 0.1) is 6.92 Å². The first-order valence-electron chi connectivity index (χ1n) is 11.2. The normalized spacial score (nSPS) is 10.8. The van der Waals surface area contributed by atoms with Crippen LogP contribution in [0.4, 0.5) is 16.5 Å². The number of ether oxygens (including phenoxy) is 2. The molecule has 0 aliphatic rings. The molecule has 1 amide bonds. The molecule has 0 bridgehead atoms. The number of amides is 1. The van der Waals surface area contributed by atoms with Gasteiger partial charge in [0.25, 0.3) is 5.91 Å². The van der Waals surface area contributed by atoms with E-state index in [1.807, 2.05) is 92.0 Å². The molecule has 35 heavy (non-hydrogen) atoms. The van der Waals surface area contributed by atoms with Crippen LogP contribution in [0.1, 0.15) is 18.2 Å². The quantitative estimate of drug-likeness (QED) is 0.218. The molecule has 0 radical (unpaired) electrons. The Kier molecular flexibility index (Phi) is 8.08. The second-order valence-electron chi connectivity index (χ2n) is 7.49. The Morgan fingerprint density at radius 2 is 1.69 bits per heavy atom. The summed E-state index contributed by atoms with van der Waals surface area (Å²) in [5.41, 5.74) is 6.23. The van der Waals surface area contributed by atoms with Gasteiger partial charge in [-0.3, -0.25) is 15.1 Å². The second kappa shape index (κ2) is 11.8. The fourth-order valence-electron chi connectivity index (χ4n) is 3.36. The van der Waals surface area contributed by atoms with Crippen molar-refractivity contribution in [3.8, 4) is 11.5 Å². The van der Waals surface area contributed by atoms with Crippen molar-refractivity contribution in [1.82, 2.24) is 4.98 Å². The van der Waals surface area contributed by atoms with Crippen LogP contribution >= 0.6 is 11.3 Å². The average molecular weight is 487 g/mol. The number of hydrogen-bond acceptors (Lipinski definition) is 7. The summed E-state index contributed by atoms with van der Waals surface area (Å²) in [6.07, 6.45) is 1.68. The van der Waals surface area contributed by atoms with Crippen LogP contribution in [0.3, 0.4) is 0 Å². The molecule has 0 atom stereocenters. The maximum atomic E-state index is 13.3. The maximum absolute atomic E-state index is 13.3. The number of carbonyl (C=O) groups is 1. The van der Waals surface area contributed by atoms with E-state index in [2.05, 4.69) is 15.5 Å². The van der Waals surface area contributed by atoms with E-state index in [0.717, 1.165) is 27.8 Å². The first-order valence-corrected chi connectivity index (χ1v) is 12.1. The van der Waals surface area contributed by atoms with Gasteiger partial charge in [0.1, 0.15) is 0 Å². The molecule has 4 rings (SSSR count). The van der Waals surface area contributed by atoms with Gasteiger partial charge in [-0.05, 0) is 61.9 Å². The minimum absolute atomic E-state index is 0.151. The molecule has 7 nitrogen and oxygen atoms in total. The number of hydrazone groups is 1. The van der Waals surface area contributed by atoms with Crippen LogP contribution in [0.15, 0.2) is 89.3 Å². The molecule has 0 saturated carbocycles. The van der Waals surface area contributed by atoms with Gasteiger partial charge in [0.2, 0.25) is 5.13 Å². The van der Waals surface area contributed by atoms with Gasteiger partial charge < -0.3 is 9.47 Å². The lowest BCUT2D eigenvalue weighted by Crippen LogP contribution is -2.31. The molecule has 1 aromatic heterocycles. The van der Waals surface area contributed by atoms with Crippen molar-refractivity contribution in [3.63, 3.8) is 0 Å². The first-order chi connectivity index (χ1) is 17.1. The molecule has 3 aromatic carbocycles. The van der Waals surface area contributed by atoms with Gasteiger partial charge in [-0.2, -0.15) is 5.10 Å². The molecule has 0 saturated heterocycles. The maximum Gasteiger partial charge on any atom is 0.269 e. The Bertz CT molecular complexity index is 1240. The number of rotatable bonds is 10. The fraction of sp³-hybridized carbons (Fsp3) is 0.148. The van der Waals surface area contributed by atoms with E-state index >= 15 is 0 Å². The van der Waals surface area contributed by atoms with E-state index in [4.69, 9.17) is 9.47 Å². The molecule has 178 valence electrons. The summed E-state index contributed by atoms with van der Waals surface area (Å²) in [6, 6.07) is 24.5. The molecule has 1 heterocycles. The molecular formula is C27H26N4O3S. The number of benzene rings is 3. The first kappa shape index (κ1) is 24.0. The molecule has 0 spiro atoms. The highest BCUT2D eigenvalue weighted by Gasteiger charge is 2.19. The van der Waals surface area contributed by atoms with Crippen LogP contribution in [0.2, 0.25) is 0 Å². The predicted molar refractivity (Wildman–Crippen MR) is 141 cm³/mol. The summed E-state index contributed by atoms with van der Waals surface area (Å²) in [6.45, 7) is 4.14. The number of carbonyl (C=O) groups excluding carboxylic acids is 1. The summed E-state index contributed by atoms with van der Waals surface area (Å²) < 4.78 is 11.7. The second-order valence-corrected chi connectivity index (χ2v) is 8.35. The molecule has 0 aliphatic heterocycles. The minimum atomic E-state index is -0.196. The van der Waals surface area contributed by atoms with Crippen molar-refractivity contribution in [2.45, 2.75) is 13.8 Å². The van der Waals surface area contributed by atoms with Gasteiger partial charge in [-0.25, -0.2) is 4.98 Å². The van der Waals surface area contributed by atoms with E-state index in [1.165, 1.54) is 11.3 Å². The number of anilines is 3. The third kappa shape index (κ3) is 6.45. The molecule has 1 N–H and O–H groups in total. The summed E-state index contributed by atoms with van der Waals surface area (Å²) in [7, 11) is 0. The van der Waals surface area contributed by atoms with Crippen molar-refractivity contribution < 1.29 is 14.3 Å². The van der Waals surface area contributed by atoms with E-state index < -0.39 is 0 Å². The van der Waals surface area contributed by atoms with Gasteiger partial charge in [-0.1, -0.05) is 36.4 Å². The molecule has 8 heteroatoms. The molecule has 0 aliphatic carbocycles. The van der Waals surface area contributed by atoms with Crippen molar-refractivity contribution in [2.75, 3.05) is 23.5 Å². The summed E-state index contributed by atoms with van der Waals surface area (Å²) in [5, 5.41) is 6.92. The zero-order valence-corrected chi connectivity index (χ0v) is 20.4. The van der Waals surface area contributed by atoms with Crippen LogP contribution in [0.25, 0.3) is 0 Å². The van der Waals surface area contributed by atoms with Crippen LogP contribution < -0.4 is 19.8 Å². The number of aryl methyl sites for hydroxylation is 1. The number of para-hydroxylation sites is 2. The highest BCUT2D eigenvalue weighted by atomic mass is 32.1. The number of nitrogens with one attached hydrogen (secondary N) is 1. The Morgan fingerprint density at radius 1 is 1.00 bits per heavy atom. The lowest BCUT2D eigenvalue weighted by atomic mass is 10.2. The van der Waals surface area contributed by atoms with Crippen LogP contribution in [-0.2, 0) is 4.79 Å². The number of nitrogens with zero attached hydrogens (tertiary/aromatic N) is 3. The van der Waals surface area contributed by atoms with Gasteiger partial charge in [0.15, 0.2) is 18.1 Å². The Hall–Kier alpha value is -4.17. The van der Waals surface area contributed by atoms with Crippen molar-refractivity contribution >= 4 is 40.0 Å². The standard InChI is InChI=1S/C27H26N4O3S/c1-3-33-25-16-21(17-28-30-27-29-20(2)19-35-27)14-15-24(25)34-18-26(32)31(22-10-6-4-7-11-22)23-12-8-5-9-13-23/h4-17,19H,3,18H2,1-2H3,(H,29,30). The van der Waals surface area contributed by atoms with E-state index in [-0.39, 0.29) is 12.5 Å². The third-order valence-corrected chi connectivity index (χ3v) is 5.75. The monoisotopic (exact) mass is 486 g/mol. The summed E-state index contributed by atoms with van der Waals surface area (Å²) in [5.74, 6) is 0.834. The summed E-state index contributed by atoms with van der Waals surface area (Å²) >= 11 is 1.49. The molecule has 4 aromatic rings. The SMILES string of the molecule is CCOc1cc(C=NNc2nc(C)cs2)ccc1OCC(=O)N(c1ccccc1)c1ccccc1. The smallest absolute Gasteiger partial charge is 0.269 e. The zero-order valence-electron chi connectivity index (χ0n) is 19.5. The van der Waals surface area contributed by atoms with Crippen molar-refractivity contribution in [2.24, 2.45) is 5.10 Å². The van der Waals surface area contributed by atoms with Gasteiger partial charge in [0, 0.05) is 16.8 Å².